The Morgan fingerprint density at radius 1 is 1.04 bits per heavy atom. The lowest BCUT2D eigenvalue weighted by Crippen LogP contribution is -2.46. The lowest BCUT2D eigenvalue weighted by Gasteiger charge is -2.38. The van der Waals surface area contributed by atoms with Crippen molar-refractivity contribution in [3.63, 3.8) is 0 Å². The van der Waals surface area contributed by atoms with Gasteiger partial charge in [-0.15, -0.1) is 0 Å². The monoisotopic (exact) mass is 383 g/mol. The van der Waals surface area contributed by atoms with Crippen LogP contribution in [0.4, 0.5) is 5.69 Å². The van der Waals surface area contributed by atoms with Gasteiger partial charge in [-0.3, -0.25) is 9.59 Å². The third-order valence-electron chi connectivity index (χ3n) is 6.33. The zero-order valence-corrected chi connectivity index (χ0v) is 16.8. The molecule has 0 N–H and O–H groups in total. The highest BCUT2D eigenvalue weighted by atomic mass is 16.5. The van der Waals surface area contributed by atoms with Gasteiger partial charge in [0, 0.05) is 37.8 Å². The summed E-state index contributed by atoms with van der Waals surface area (Å²) in [7, 11) is 3.35. The molecular weight excluding hydrogens is 354 g/mol. The van der Waals surface area contributed by atoms with E-state index in [0.717, 1.165) is 57.3 Å². The van der Waals surface area contributed by atoms with Gasteiger partial charge >= 0.3 is 5.97 Å². The zero-order chi connectivity index (χ0) is 20.1. The van der Waals surface area contributed by atoms with Crippen LogP contribution in [0.3, 0.4) is 0 Å². The van der Waals surface area contributed by atoms with Crippen molar-refractivity contribution in [3.8, 4) is 6.07 Å². The second kappa shape index (κ2) is 9.09. The smallest absolute Gasteiger partial charge is 0.308 e. The molecule has 0 atom stereocenters. The number of rotatable bonds is 4. The van der Waals surface area contributed by atoms with Crippen LogP contribution in [-0.4, -0.2) is 50.1 Å². The van der Waals surface area contributed by atoms with E-state index in [9.17, 15) is 9.59 Å². The Hall–Kier alpha value is -2.55. The van der Waals surface area contributed by atoms with Gasteiger partial charge in [-0.05, 0) is 62.8 Å². The molecule has 1 aromatic carbocycles. The van der Waals surface area contributed by atoms with Gasteiger partial charge in [0.25, 0.3) is 0 Å². The van der Waals surface area contributed by atoms with E-state index in [1.165, 1.54) is 7.11 Å². The molecule has 3 rings (SSSR count). The first kappa shape index (κ1) is 20.2. The van der Waals surface area contributed by atoms with Crippen molar-refractivity contribution in [2.75, 3.05) is 32.1 Å². The van der Waals surface area contributed by atoms with Gasteiger partial charge in [0.2, 0.25) is 5.91 Å². The van der Waals surface area contributed by atoms with Crippen molar-refractivity contribution in [1.82, 2.24) is 4.90 Å². The van der Waals surface area contributed by atoms with Crippen LogP contribution in [0.1, 0.15) is 44.1 Å². The summed E-state index contributed by atoms with van der Waals surface area (Å²) >= 11 is 0. The van der Waals surface area contributed by atoms with Crippen molar-refractivity contribution in [2.24, 2.45) is 11.8 Å². The Morgan fingerprint density at radius 3 is 2.18 bits per heavy atom. The Morgan fingerprint density at radius 2 is 1.64 bits per heavy atom. The third kappa shape index (κ3) is 4.46. The van der Waals surface area contributed by atoms with Gasteiger partial charge in [0.1, 0.15) is 0 Å². The van der Waals surface area contributed by atoms with Crippen molar-refractivity contribution < 1.29 is 14.3 Å². The first-order valence-corrected chi connectivity index (χ1v) is 10.1. The topological polar surface area (TPSA) is 73.6 Å². The van der Waals surface area contributed by atoms with E-state index in [1.807, 2.05) is 36.2 Å². The molecular formula is C22H29N3O3. The predicted octanol–water partition coefficient (Wildman–Crippen LogP) is 2.96. The van der Waals surface area contributed by atoms with E-state index < -0.39 is 0 Å². The van der Waals surface area contributed by atoms with E-state index in [1.54, 1.807) is 0 Å². The lowest BCUT2D eigenvalue weighted by molar-refractivity contribution is -0.147. The molecule has 0 spiro atoms. The van der Waals surface area contributed by atoms with Crippen molar-refractivity contribution in [3.05, 3.63) is 29.8 Å². The fourth-order valence-corrected chi connectivity index (χ4v) is 4.46. The predicted molar refractivity (Wildman–Crippen MR) is 107 cm³/mol. The summed E-state index contributed by atoms with van der Waals surface area (Å²) in [4.78, 5) is 28.9. The molecule has 1 aromatic rings. The molecule has 1 saturated carbocycles. The second-order valence-electron chi connectivity index (χ2n) is 7.90. The summed E-state index contributed by atoms with van der Waals surface area (Å²) in [6.07, 6.45) is 5.03. The number of carbonyl (C=O) groups excluding carboxylic acids is 2. The van der Waals surface area contributed by atoms with Crippen LogP contribution < -0.4 is 4.90 Å². The molecule has 1 aliphatic carbocycles. The maximum Gasteiger partial charge on any atom is 0.308 e. The largest absolute Gasteiger partial charge is 0.469 e. The number of hydrogen-bond acceptors (Lipinski definition) is 5. The summed E-state index contributed by atoms with van der Waals surface area (Å²) in [5.74, 6) is 0.168. The Kier molecular flexibility index (Phi) is 6.56. The summed E-state index contributed by atoms with van der Waals surface area (Å²) < 4.78 is 4.85. The van der Waals surface area contributed by atoms with E-state index in [2.05, 4.69) is 11.0 Å². The van der Waals surface area contributed by atoms with Crippen LogP contribution in [-0.2, 0) is 14.3 Å². The molecule has 28 heavy (non-hydrogen) atoms. The van der Waals surface area contributed by atoms with E-state index in [0.29, 0.717) is 5.56 Å². The van der Waals surface area contributed by atoms with Crippen molar-refractivity contribution in [1.29, 1.82) is 5.26 Å². The Bertz CT molecular complexity index is 724. The van der Waals surface area contributed by atoms with Crippen LogP contribution in [0.2, 0.25) is 0 Å². The van der Waals surface area contributed by atoms with Crippen LogP contribution in [0.5, 0.6) is 0 Å². The number of anilines is 1. The molecule has 0 bridgehead atoms. The van der Waals surface area contributed by atoms with Gasteiger partial charge in [0.05, 0.1) is 24.7 Å². The number of esters is 1. The minimum Gasteiger partial charge on any atom is -0.469 e. The van der Waals surface area contributed by atoms with Gasteiger partial charge < -0.3 is 14.5 Å². The molecule has 6 heteroatoms. The molecule has 1 amide bonds. The SMILES string of the molecule is COC(=O)[C@H]1CC[C@H](N(C)C(=O)C2CCN(c3ccc(C#N)cc3)CC2)CC1. The molecule has 0 unspecified atom stereocenters. The molecule has 2 aliphatic rings. The van der Waals surface area contributed by atoms with Crippen LogP contribution in [0.15, 0.2) is 24.3 Å². The highest BCUT2D eigenvalue weighted by Crippen LogP contribution is 2.30. The summed E-state index contributed by atoms with van der Waals surface area (Å²) in [5, 5.41) is 8.92. The molecule has 0 aromatic heterocycles. The number of nitrogens with zero attached hydrogens (tertiary/aromatic N) is 3. The number of methoxy groups -OCH3 is 1. The van der Waals surface area contributed by atoms with Gasteiger partial charge in [-0.25, -0.2) is 0 Å². The minimum atomic E-state index is -0.123. The summed E-state index contributed by atoms with van der Waals surface area (Å²) in [5.41, 5.74) is 1.77. The van der Waals surface area contributed by atoms with E-state index >= 15 is 0 Å². The highest BCUT2D eigenvalue weighted by molar-refractivity contribution is 5.79. The minimum absolute atomic E-state index is 0.0135. The Labute approximate surface area is 167 Å². The zero-order valence-electron chi connectivity index (χ0n) is 16.8. The number of nitriles is 1. The number of benzene rings is 1. The molecule has 0 radical (unpaired) electrons. The number of carbonyl (C=O) groups is 2. The third-order valence-corrected chi connectivity index (χ3v) is 6.33. The molecule has 1 saturated heterocycles. The van der Waals surface area contributed by atoms with Crippen LogP contribution >= 0.6 is 0 Å². The van der Waals surface area contributed by atoms with Gasteiger partial charge in [-0.2, -0.15) is 5.26 Å². The van der Waals surface area contributed by atoms with Crippen molar-refractivity contribution >= 4 is 17.6 Å². The quantitative estimate of drug-likeness (QED) is 0.748. The molecule has 6 nitrogen and oxygen atoms in total. The molecule has 2 fully saturated rings. The summed E-state index contributed by atoms with van der Waals surface area (Å²) in [6.45, 7) is 1.70. The first-order chi connectivity index (χ1) is 13.5. The van der Waals surface area contributed by atoms with Crippen LogP contribution in [0, 0.1) is 23.2 Å². The van der Waals surface area contributed by atoms with E-state index in [4.69, 9.17) is 10.00 Å². The molecule has 150 valence electrons. The van der Waals surface area contributed by atoms with Gasteiger partial charge in [0.15, 0.2) is 0 Å². The number of ether oxygens (including phenoxy) is 1. The fraction of sp³-hybridized carbons (Fsp3) is 0.591. The second-order valence-corrected chi connectivity index (χ2v) is 7.90. The normalized spacial score (nSPS) is 23.0. The van der Waals surface area contributed by atoms with Gasteiger partial charge in [-0.1, -0.05) is 0 Å². The number of hydrogen-bond donors (Lipinski definition) is 0. The molecule has 1 heterocycles. The number of piperidine rings is 1. The summed E-state index contributed by atoms with van der Waals surface area (Å²) in [6, 6.07) is 10.0. The standard InChI is InChI=1S/C22H29N3O3/c1-24(19-9-5-18(6-10-19)22(27)28-2)21(26)17-11-13-25(14-12-17)20-7-3-16(15-23)4-8-20/h3-4,7-8,17-19H,5-6,9-14H2,1-2H3/t18-,19-. The van der Waals surface area contributed by atoms with Crippen LogP contribution in [0.25, 0.3) is 0 Å². The Balaban J connectivity index is 1.49. The first-order valence-electron chi connectivity index (χ1n) is 10.1. The lowest BCUT2D eigenvalue weighted by atomic mass is 9.84. The number of amides is 1. The average molecular weight is 383 g/mol. The average Bonchev–Trinajstić information content (AvgIpc) is 2.78. The van der Waals surface area contributed by atoms with E-state index in [-0.39, 0.29) is 29.8 Å². The maximum absolute atomic E-state index is 13.0. The maximum atomic E-state index is 13.0. The fourth-order valence-electron chi connectivity index (χ4n) is 4.46. The highest BCUT2D eigenvalue weighted by Gasteiger charge is 2.34. The van der Waals surface area contributed by atoms with Crippen molar-refractivity contribution in [2.45, 2.75) is 44.6 Å². The molecule has 1 aliphatic heterocycles.